The molecule has 1 saturated carbocycles. The number of nitrogens with one attached hydrogen (secondary N) is 1. The lowest BCUT2D eigenvalue weighted by Crippen LogP contribution is -2.44. The molecule has 0 aromatic carbocycles. The van der Waals surface area contributed by atoms with Gasteiger partial charge in [-0.15, -0.1) is 11.3 Å². The van der Waals surface area contributed by atoms with Crippen molar-refractivity contribution in [2.24, 2.45) is 5.73 Å². The van der Waals surface area contributed by atoms with Gasteiger partial charge in [0.15, 0.2) is 5.58 Å². The zero-order valence-electron chi connectivity index (χ0n) is 14.1. The molecule has 4 nitrogen and oxygen atoms in total. The average Bonchev–Trinajstić information content (AvgIpc) is 3.22. The molecule has 3 heterocycles. The molecule has 1 aliphatic carbocycles. The predicted octanol–water partition coefficient (Wildman–Crippen LogP) is 6.15. The first kappa shape index (κ1) is 19.1. The fraction of sp³-hybridized carbons (Fsp3) is 0.389. The van der Waals surface area contributed by atoms with Gasteiger partial charge >= 0.3 is 0 Å². The Hall–Kier alpha value is -1.22. The Morgan fingerprint density at radius 3 is 3.00 bits per heavy atom. The zero-order valence-corrected chi connectivity index (χ0v) is 17.3. The van der Waals surface area contributed by atoms with E-state index in [0.29, 0.717) is 40.6 Å². The number of hydrogen-bond acceptors (Lipinski definition) is 5. The number of anilines is 1. The minimum atomic E-state index is -2.93. The number of thiophene rings is 1. The summed E-state index contributed by atoms with van der Waals surface area (Å²) in [4.78, 5) is 5.40. The summed E-state index contributed by atoms with van der Waals surface area (Å²) in [6.45, 7) is 0.569. The van der Waals surface area contributed by atoms with Gasteiger partial charge in [0, 0.05) is 30.0 Å². The van der Waals surface area contributed by atoms with Crippen molar-refractivity contribution >= 4 is 55.7 Å². The molecule has 0 spiro atoms. The maximum Gasteiger partial charge on any atom is 0.259 e. The van der Waals surface area contributed by atoms with Crippen molar-refractivity contribution in [1.82, 2.24) is 4.98 Å². The van der Waals surface area contributed by atoms with Gasteiger partial charge in [0.1, 0.15) is 16.4 Å². The molecule has 0 saturated heterocycles. The van der Waals surface area contributed by atoms with E-state index in [1.54, 1.807) is 17.4 Å². The minimum absolute atomic E-state index is 0.135. The van der Waals surface area contributed by atoms with Crippen LogP contribution < -0.4 is 11.1 Å². The molecule has 1 fully saturated rings. The van der Waals surface area contributed by atoms with Crippen molar-refractivity contribution in [3.63, 3.8) is 0 Å². The zero-order chi connectivity index (χ0) is 19.2. The molecule has 0 unspecified atom stereocenters. The Bertz CT molecular complexity index is 963. The van der Waals surface area contributed by atoms with Gasteiger partial charge in [-0.3, -0.25) is 0 Å². The summed E-state index contributed by atoms with van der Waals surface area (Å²) >= 11 is 11.2. The molecule has 9 heteroatoms. The van der Waals surface area contributed by atoms with Gasteiger partial charge in [-0.05, 0) is 40.2 Å². The predicted molar refractivity (Wildman–Crippen MR) is 108 cm³/mol. The topological polar surface area (TPSA) is 64.1 Å². The third kappa shape index (κ3) is 3.60. The summed E-state index contributed by atoms with van der Waals surface area (Å²) < 4.78 is 35.5. The summed E-state index contributed by atoms with van der Waals surface area (Å²) in [7, 11) is 0. The lowest BCUT2D eigenvalue weighted by atomic mass is 9.80. The lowest BCUT2D eigenvalue weighted by molar-refractivity contribution is -0.0668. The van der Waals surface area contributed by atoms with Crippen LogP contribution in [0, 0.1) is 0 Å². The van der Waals surface area contributed by atoms with Gasteiger partial charge in [-0.1, -0.05) is 17.7 Å². The molecule has 4 rings (SSSR count). The Labute approximate surface area is 172 Å². The summed E-state index contributed by atoms with van der Waals surface area (Å²) in [6, 6.07) is 4.92. The molecular weight excluding hydrogens is 460 g/mol. The van der Waals surface area contributed by atoms with E-state index in [4.69, 9.17) is 21.8 Å². The van der Waals surface area contributed by atoms with E-state index in [1.165, 1.54) is 0 Å². The summed E-state index contributed by atoms with van der Waals surface area (Å²) in [5.41, 5.74) is 7.47. The Morgan fingerprint density at radius 1 is 1.48 bits per heavy atom. The fourth-order valence-corrected chi connectivity index (χ4v) is 4.98. The van der Waals surface area contributed by atoms with Crippen LogP contribution in [0.5, 0.6) is 0 Å². The van der Waals surface area contributed by atoms with Gasteiger partial charge in [-0.25, -0.2) is 13.8 Å². The van der Waals surface area contributed by atoms with Crippen LogP contribution in [-0.2, 0) is 6.54 Å². The first-order chi connectivity index (χ1) is 12.9. The van der Waals surface area contributed by atoms with Gasteiger partial charge in [-0.2, -0.15) is 0 Å². The third-order valence-corrected chi connectivity index (χ3v) is 6.66. The minimum Gasteiger partial charge on any atom is -0.455 e. The molecule has 2 atom stereocenters. The third-order valence-electron chi connectivity index (χ3n) is 4.82. The van der Waals surface area contributed by atoms with Crippen LogP contribution in [0.1, 0.15) is 35.8 Å². The lowest BCUT2D eigenvalue weighted by Gasteiger charge is -2.34. The van der Waals surface area contributed by atoms with Gasteiger partial charge in [0.2, 0.25) is 0 Å². The Balaban J connectivity index is 1.77. The molecular formula is C18H17BrClF2N3OS. The van der Waals surface area contributed by atoms with Crippen molar-refractivity contribution in [2.45, 2.75) is 43.7 Å². The smallest absolute Gasteiger partial charge is 0.259 e. The van der Waals surface area contributed by atoms with Crippen LogP contribution in [0.4, 0.5) is 14.5 Å². The highest BCUT2D eigenvalue weighted by Crippen LogP contribution is 2.49. The molecule has 144 valence electrons. The van der Waals surface area contributed by atoms with Crippen molar-refractivity contribution in [2.75, 3.05) is 5.32 Å². The average molecular weight is 477 g/mol. The second kappa shape index (κ2) is 7.31. The molecule has 3 aromatic heterocycles. The maximum absolute atomic E-state index is 14.6. The van der Waals surface area contributed by atoms with E-state index < -0.39 is 17.9 Å². The second-order valence-corrected chi connectivity index (χ2v) is 8.89. The van der Waals surface area contributed by atoms with Crippen molar-refractivity contribution in [3.05, 3.63) is 43.8 Å². The molecule has 27 heavy (non-hydrogen) atoms. The number of furan rings is 1. The number of fused-ring (bicyclic) bond motifs is 1. The number of rotatable bonds is 4. The first-order valence-electron chi connectivity index (χ1n) is 8.55. The number of halogens is 4. The van der Waals surface area contributed by atoms with Crippen molar-refractivity contribution in [1.29, 1.82) is 0 Å². The van der Waals surface area contributed by atoms with Gasteiger partial charge in [0.25, 0.3) is 5.92 Å². The van der Waals surface area contributed by atoms with E-state index in [9.17, 15) is 8.78 Å². The highest BCUT2D eigenvalue weighted by molar-refractivity contribution is 9.10. The SMILES string of the molecule is N[C@H]1CCCC(F)(F)[C@@H]1c1oc2c(NCc3cccs3)cc(Cl)nc2c1Br. The summed E-state index contributed by atoms with van der Waals surface area (Å²) in [5.74, 6) is -3.99. The van der Waals surface area contributed by atoms with Gasteiger partial charge in [0.05, 0.1) is 16.1 Å². The number of pyridine rings is 1. The molecule has 0 amide bonds. The first-order valence-corrected chi connectivity index (χ1v) is 10.6. The molecule has 0 radical (unpaired) electrons. The summed E-state index contributed by atoms with van der Waals surface area (Å²) in [6.07, 6.45) is 0.730. The molecule has 0 aliphatic heterocycles. The monoisotopic (exact) mass is 475 g/mol. The Kier molecular flexibility index (Phi) is 5.18. The van der Waals surface area contributed by atoms with Crippen LogP contribution in [0.25, 0.3) is 11.1 Å². The molecule has 0 bridgehead atoms. The standard InChI is InChI=1S/C18H17BrClF2N3OS/c19-14-15-16(26-17(14)13-10(23)4-1-5-18(13,21)22)11(7-12(20)25-15)24-8-9-3-2-6-27-9/h2-3,6-7,10,13H,1,4-5,8,23H2,(H,24,25)/t10-,13-/m0/s1. The van der Waals surface area contributed by atoms with E-state index in [2.05, 4.69) is 26.2 Å². The highest BCUT2D eigenvalue weighted by atomic mass is 79.9. The normalized spacial score (nSPS) is 22.3. The maximum atomic E-state index is 14.6. The van der Waals surface area contributed by atoms with E-state index >= 15 is 0 Å². The van der Waals surface area contributed by atoms with Crippen molar-refractivity contribution < 1.29 is 13.2 Å². The van der Waals surface area contributed by atoms with E-state index in [1.807, 2.05) is 17.5 Å². The molecule has 3 aromatic rings. The largest absolute Gasteiger partial charge is 0.455 e. The van der Waals surface area contributed by atoms with Crippen LogP contribution in [0.3, 0.4) is 0 Å². The molecule has 1 aliphatic rings. The molecule has 3 N–H and O–H groups in total. The number of aromatic nitrogens is 1. The highest BCUT2D eigenvalue weighted by Gasteiger charge is 2.49. The number of nitrogens with zero attached hydrogens (tertiary/aromatic N) is 1. The Morgan fingerprint density at radius 2 is 2.30 bits per heavy atom. The van der Waals surface area contributed by atoms with Crippen LogP contribution >= 0.6 is 38.9 Å². The van der Waals surface area contributed by atoms with Crippen molar-refractivity contribution in [3.8, 4) is 0 Å². The fourth-order valence-electron chi connectivity index (χ4n) is 3.55. The number of alkyl halides is 2. The summed E-state index contributed by atoms with van der Waals surface area (Å²) in [5, 5.41) is 5.50. The number of nitrogens with two attached hydrogens (primary N) is 1. The van der Waals surface area contributed by atoms with E-state index in [-0.39, 0.29) is 17.3 Å². The second-order valence-electron chi connectivity index (χ2n) is 6.68. The number of hydrogen-bond donors (Lipinski definition) is 2. The van der Waals surface area contributed by atoms with Crippen LogP contribution in [0.15, 0.2) is 32.5 Å². The van der Waals surface area contributed by atoms with Gasteiger partial charge < -0.3 is 15.5 Å². The quantitative estimate of drug-likeness (QED) is 0.443. The van der Waals surface area contributed by atoms with Crippen LogP contribution in [-0.4, -0.2) is 16.9 Å². The van der Waals surface area contributed by atoms with Crippen LogP contribution in [0.2, 0.25) is 5.15 Å². The van der Waals surface area contributed by atoms with E-state index in [0.717, 1.165) is 4.88 Å².